The van der Waals surface area contributed by atoms with Crippen molar-refractivity contribution in [3.63, 3.8) is 0 Å². The van der Waals surface area contributed by atoms with Gasteiger partial charge in [-0.3, -0.25) is 4.79 Å². The zero-order chi connectivity index (χ0) is 12.6. The third kappa shape index (κ3) is 1.96. The van der Waals surface area contributed by atoms with Crippen LogP contribution in [0.1, 0.15) is 16.8 Å². The summed E-state index contributed by atoms with van der Waals surface area (Å²) in [6.07, 6.45) is 1.70. The molecule has 0 saturated heterocycles. The van der Waals surface area contributed by atoms with Crippen molar-refractivity contribution in [2.75, 3.05) is 5.73 Å². The van der Waals surface area contributed by atoms with Crippen LogP contribution in [0, 0.1) is 20.8 Å². The average Bonchev–Trinajstić information content (AvgIpc) is 2.25. The molecule has 0 unspecified atom stereocenters. The topological polar surface area (TPSA) is 48.0 Å². The molecule has 0 aliphatic rings. The minimum Gasteiger partial charge on any atom is -0.394 e. The minimum atomic E-state index is -0.120. The quantitative estimate of drug-likeness (QED) is 0.814. The zero-order valence-electron chi connectivity index (χ0n) is 10.3. The normalized spacial score (nSPS) is 10.5. The predicted octanol–water partition coefficient (Wildman–Crippen LogP) is 2.34. The van der Waals surface area contributed by atoms with Crippen LogP contribution in [0.25, 0.3) is 5.69 Å². The van der Waals surface area contributed by atoms with Gasteiger partial charge in [-0.25, -0.2) is 0 Å². The van der Waals surface area contributed by atoms with Crippen molar-refractivity contribution in [2.45, 2.75) is 20.8 Å². The first-order chi connectivity index (χ1) is 8.00. The van der Waals surface area contributed by atoms with Gasteiger partial charge in [-0.2, -0.15) is 0 Å². The Hall–Kier alpha value is -2.03. The number of nitrogen functional groups attached to an aromatic ring is 1. The van der Waals surface area contributed by atoms with Gasteiger partial charge in [0.2, 0.25) is 5.43 Å². The monoisotopic (exact) mass is 228 g/mol. The molecule has 0 aliphatic heterocycles. The molecule has 1 heterocycles. The van der Waals surface area contributed by atoms with E-state index in [1.165, 1.54) is 0 Å². The molecule has 3 heteroatoms. The highest BCUT2D eigenvalue weighted by atomic mass is 16.1. The number of pyridine rings is 1. The second kappa shape index (κ2) is 4.09. The summed E-state index contributed by atoms with van der Waals surface area (Å²) >= 11 is 0. The lowest BCUT2D eigenvalue weighted by Crippen LogP contribution is -2.14. The van der Waals surface area contributed by atoms with Crippen LogP contribution in [0.2, 0.25) is 0 Å². The molecule has 2 aromatic rings. The van der Waals surface area contributed by atoms with Crippen molar-refractivity contribution >= 4 is 5.69 Å². The van der Waals surface area contributed by atoms with Gasteiger partial charge in [0.05, 0.1) is 11.4 Å². The molecule has 0 atom stereocenters. The van der Waals surface area contributed by atoms with Gasteiger partial charge < -0.3 is 10.3 Å². The Morgan fingerprint density at radius 1 is 1.12 bits per heavy atom. The van der Waals surface area contributed by atoms with Gasteiger partial charge in [-0.15, -0.1) is 0 Å². The molecular weight excluding hydrogens is 212 g/mol. The summed E-state index contributed by atoms with van der Waals surface area (Å²) in [4.78, 5) is 11.5. The van der Waals surface area contributed by atoms with E-state index < -0.39 is 0 Å². The number of nitrogens with zero attached hydrogens (tertiary/aromatic N) is 1. The van der Waals surface area contributed by atoms with Gasteiger partial charge in [0.15, 0.2) is 0 Å². The number of nitrogens with two attached hydrogens (primary N) is 1. The molecule has 0 radical (unpaired) electrons. The molecule has 1 aromatic heterocycles. The molecule has 2 rings (SSSR count). The van der Waals surface area contributed by atoms with E-state index in [4.69, 9.17) is 5.73 Å². The highest BCUT2D eigenvalue weighted by molar-refractivity contribution is 5.50. The van der Waals surface area contributed by atoms with Crippen LogP contribution in [0.4, 0.5) is 5.69 Å². The van der Waals surface area contributed by atoms with Crippen molar-refractivity contribution in [3.8, 4) is 5.69 Å². The minimum absolute atomic E-state index is 0.120. The lowest BCUT2D eigenvalue weighted by Gasteiger charge is -2.16. The third-order valence-electron chi connectivity index (χ3n) is 2.95. The van der Waals surface area contributed by atoms with E-state index in [0.29, 0.717) is 0 Å². The number of hydrogen-bond donors (Lipinski definition) is 1. The van der Waals surface area contributed by atoms with E-state index >= 15 is 0 Å². The fourth-order valence-corrected chi connectivity index (χ4v) is 2.07. The number of aromatic nitrogens is 1. The highest BCUT2D eigenvalue weighted by Gasteiger charge is 2.07. The Kier molecular flexibility index (Phi) is 2.76. The number of para-hydroxylation sites is 1. The Morgan fingerprint density at radius 3 is 2.29 bits per heavy atom. The van der Waals surface area contributed by atoms with Crippen LogP contribution in [0.15, 0.2) is 35.3 Å². The Balaban J connectivity index is 2.77. The first kappa shape index (κ1) is 11.5. The van der Waals surface area contributed by atoms with Crippen molar-refractivity contribution in [1.82, 2.24) is 4.57 Å². The van der Waals surface area contributed by atoms with E-state index in [0.717, 1.165) is 22.5 Å². The van der Waals surface area contributed by atoms with Crippen LogP contribution in [0.3, 0.4) is 0 Å². The Morgan fingerprint density at radius 2 is 1.71 bits per heavy atom. The highest BCUT2D eigenvalue weighted by Crippen LogP contribution is 2.20. The van der Waals surface area contributed by atoms with Crippen LogP contribution in [-0.4, -0.2) is 4.57 Å². The summed E-state index contributed by atoms with van der Waals surface area (Å²) in [6.45, 7) is 6.01. The second-order valence-corrected chi connectivity index (χ2v) is 4.34. The van der Waals surface area contributed by atoms with Gasteiger partial charge in [0, 0.05) is 18.0 Å². The summed E-state index contributed by atoms with van der Waals surface area (Å²) < 4.78 is 1.97. The summed E-state index contributed by atoms with van der Waals surface area (Å²) in [7, 11) is 0. The van der Waals surface area contributed by atoms with E-state index in [2.05, 4.69) is 26.0 Å². The van der Waals surface area contributed by atoms with E-state index in [1.807, 2.05) is 17.6 Å². The van der Waals surface area contributed by atoms with Crippen LogP contribution in [0.5, 0.6) is 0 Å². The van der Waals surface area contributed by atoms with Crippen LogP contribution >= 0.6 is 0 Å². The van der Waals surface area contributed by atoms with Crippen molar-refractivity contribution < 1.29 is 0 Å². The first-order valence-electron chi connectivity index (χ1n) is 5.56. The van der Waals surface area contributed by atoms with Gasteiger partial charge in [0.25, 0.3) is 0 Å². The largest absolute Gasteiger partial charge is 0.394 e. The molecular formula is C14H16N2O. The number of aryl methyl sites for hydroxylation is 3. The number of anilines is 1. The van der Waals surface area contributed by atoms with Gasteiger partial charge in [0.1, 0.15) is 0 Å². The lowest BCUT2D eigenvalue weighted by molar-refractivity contribution is 0.955. The number of rotatable bonds is 1. The molecule has 1 aromatic carbocycles. The molecule has 3 nitrogen and oxygen atoms in total. The second-order valence-electron chi connectivity index (χ2n) is 4.34. The van der Waals surface area contributed by atoms with E-state index in [-0.39, 0.29) is 11.1 Å². The maximum atomic E-state index is 11.5. The molecule has 0 amide bonds. The standard InChI is InChI=1S/C14H16N2O/c1-9-5-4-6-10(2)14(9)16-8-12(15)13(17)7-11(16)3/h4-8H,15H2,1-3H3. The number of hydrogen-bond acceptors (Lipinski definition) is 2. The van der Waals surface area contributed by atoms with Gasteiger partial charge in [-0.05, 0) is 31.9 Å². The molecule has 0 aliphatic carbocycles. The van der Waals surface area contributed by atoms with Gasteiger partial charge >= 0.3 is 0 Å². The lowest BCUT2D eigenvalue weighted by atomic mass is 10.1. The SMILES string of the molecule is Cc1cccc(C)c1-n1cc(N)c(=O)cc1C. The molecule has 88 valence electrons. The Bertz CT molecular complexity index is 606. The predicted molar refractivity (Wildman–Crippen MR) is 70.7 cm³/mol. The smallest absolute Gasteiger partial charge is 0.204 e. The van der Waals surface area contributed by atoms with Crippen molar-refractivity contribution in [1.29, 1.82) is 0 Å². The first-order valence-corrected chi connectivity index (χ1v) is 5.56. The maximum Gasteiger partial charge on any atom is 0.204 e. The summed E-state index contributed by atoms with van der Waals surface area (Å²) in [6, 6.07) is 7.70. The molecule has 0 saturated carbocycles. The molecule has 0 spiro atoms. The molecule has 0 fully saturated rings. The van der Waals surface area contributed by atoms with Gasteiger partial charge in [-0.1, -0.05) is 18.2 Å². The summed E-state index contributed by atoms with van der Waals surface area (Å²) in [5.41, 5.74) is 10.2. The van der Waals surface area contributed by atoms with E-state index in [9.17, 15) is 4.79 Å². The van der Waals surface area contributed by atoms with Crippen LogP contribution in [-0.2, 0) is 0 Å². The van der Waals surface area contributed by atoms with Crippen molar-refractivity contribution in [2.24, 2.45) is 0 Å². The molecule has 17 heavy (non-hydrogen) atoms. The summed E-state index contributed by atoms with van der Waals surface area (Å²) in [5.74, 6) is 0. The third-order valence-corrected chi connectivity index (χ3v) is 2.95. The van der Waals surface area contributed by atoms with Crippen LogP contribution < -0.4 is 11.2 Å². The van der Waals surface area contributed by atoms with E-state index in [1.54, 1.807) is 12.3 Å². The fraction of sp³-hybridized carbons (Fsp3) is 0.214. The summed E-state index contributed by atoms with van der Waals surface area (Å²) in [5, 5.41) is 0. The number of benzene rings is 1. The Labute approximate surface area is 101 Å². The maximum absolute atomic E-state index is 11.5. The van der Waals surface area contributed by atoms with Crippen molar-refractivity contribution in [3.05, 3.63) is 57.5 Å². The molecule has 0 bridgehead atoms. The average molecular weight is 228 g/mol. The fourth-order valence-electron chi connectivity index (χ4n) is 2.07. The zero-order valence-corrected chi connectivity index (χ0v) is 10.3. The molecule has 2 N–H and O–H groups in total.